The summed E-state index contributed by atoms with van der Waals surface area (Å²) in [7, 11) is 3.44. The molecule has 0 bridgehead atoms. The molecule has 1 unspecified atom stereocenters. The molecule has 1 atom stereocenters. The molecule has 2 aromatic rings. The number of hydrogen-bond donors (Lipinski definition) is 2. The van der Waals surface area contributed by atoms with Crippen LogP contribution in [0.15, 0.2) is 30.5 Å². The second-order valence-electron chi connectivity index (χ2n) is 4.09. The van der Waals surface area contributed by atoms with Gasteiger partial charge in [-0.15, -0.1) is 5.10 Å². The van der Waals surface area contributed by atoms with Crippen LogP contribution >= 0.6 is 0 Å². The molecule has 6 heteroatoms. The summed E-state index contributed by atoms with van der Waals surface area (Å²) in [5, 5.41) is 11.3. The maximum atomic E-state index is 5.85. The van der Waals surface area contributed by atoms with Crippen LogP contribution in [0.5, 0.6) is 5.88 Å². The highest BCUT2D eigenvalue weighted by molar-refractivity contribution is 5.39. The van der Waals surface area contributed by atoms with Crippen molar-refractivity contribution in [1.29, 1.82) is 0 Å². The van der Waals surface area contributed by atoms with E-state index >= 15 is 0 Å². The molecule has 0 aliphatic rings. The van der Waals surface area contributed by atoms with Gasteiger partial charge in [0.1, 0.15) is 5.82 Å². The third kappa shape index (κ3) is 3.17. The lowest BCUT2D eigenvalue weighted by Gasteiger charge is -2.16. The number of hydrogen-bond acceptors (Lipinski definition) is 6. The molecule has 0 saturated heterocycles. The van der Waals surface area contributed by atoms with Crippen LogP contribution in [0.4, 0.5) is 5.82 Å². The number of ether oxygens (including phenoxy) is 1. The van der Waals surface area contributed by atoms with Gasteiger partial charge in [-0.05, 0) is 31.2 Å². The van der Waals surface area contributed by atoms with Crippen LogP contribution in [0.1, 0.15) is 17.3 Å². The number of likely N-dealkylation sites (N-methyl/N-ethyl adjacent to an activating group) is 1. The molecule has 0 amide bonds. The summed E-state index contributed by atoms with van der Waals surface area (Å²) in [6.45, 7) is 0. The first-order chi connectivity index (χ1) is 9.24. The molecular formula is C13H17N5O. The van der Waals surface area contributed by atoms with Crippen LogP contribution < -0.4 is 15.8 Å². The number of rotatable bonds is 5. The molecule has 0 fully saturated rings. The fraction of sp³-hybridized carbons (Fsp3) is 0.308. The largest absolute Gasteiger partial charge is 0.480 e. The second kappa shape index (κ2) is 6.10. The first-order valence-electron chi connectivity index (χ1n) is 5.99. The van der Waals surface area contributed by atoms with Crippen molar-refractivity contribution in [1.82, 2.24) is 20.5 Å². The molecule has 6 nitrogen and oxygen atoms in total. The highest BCUT2D eigenvalue weighted by atomic mass is 16.5. The summed E-state index contributed by atoms with van der Waals surface area (Å²) in [5.41, 5.74) is 7.68. The lowest BCUT2D eigenvalue weighted by molar-refractivity contribution is 0.389. The van der Waals surface area contributed by atoms with Crippen LogP contribution in [-0.2, 0) is 6.42 Å². The van der Waals surface area contributed by atoms with E-state index in [1.165, 1.54) is 0 Å². The Bertz CT molecular complexity index is 529. The van der Waals surface area contributed by atoms with Crippen molar-refractivity contribution in [3.05, 3.63) is 41.7 Å². The van der Waals surface area contributed by atoms with Crippen LogP contribution in [0.3, 0.4) is 0 Å². The van der Waals surface area contributed by atoms with E-state index in [0.717, 1.165) is 11.3 Å². The number of nitrogens with zero attached hydrogens (tertiary/aromatic N) is 3. The van der Waals surface area contributed by atoms with Gasteiger partial charge in [0.2, 0.25) is 5.88 Å². The Morgan fingerprint density at radius 3 is 2.74 bits per heavy atom. The maximum Gasteiger partial charge on any atom is 0.233 e. The highest BCUT2D eigenvalue weighted by Gasteiger charge is 2.14. The SMILES string of the molecule is CNC(Cc1cccnc1N)c1ccc(OC)nn1. The molecule has 2 aromatic heterocycles. The van der Waals surface area contributed by atoms with Crippen molar-refractivity contribution in [3.63, 3.8) is 0 Å². The van der Waals surface area contributed by atoms with Crippen LogP contribution in [-0.4, -0.2) is 29.3 Å². The maximum absolute atomic E-state index is 5.85. The second-order valence-corrected chi connectivity index (χ2v) is 4.09. The molecule has 19 heavy (non-hydrogen) atoms. The van der Waals surface area contributed by atoms with Crippen molar-refractivity contribution < 1.29 is 4.74 Å². The smallest absolute Gasteiger partial charge is 0.233 e. The zero-order valence-electron chi connectivity index (χ0n) is 11.0. The Hall–Kier alpha value is -2.21. The van der Waals surface area contributed by atoms with Gasteiger partial charge in [-0.25, -0.2) is 4.98 Å². The molecule has 3 N–H and O–H groups in total. The predicted octanol–water partition coefficient (Wildman–Crippen LogP) is 0.966. The average Bonchev–Trinajstić information content (AvgIpc) is 2.47. The van der Waals surface area contributed by atoms with Gasteiger partial charge in [0.05, 0.1) is 18.8 Å². The summed E-state index contributed by atoms with van der Waals surface area (Å²) in [6, 6.07) is 7.55. The molecule has 0 spiro atoms. The van der Waals surface area contributed by atoms with Gasteiger partial charge >= 0.3 is 0 Å². The molecule has 0 aliphatic carbocycles. The third-order valence-electron chi connectivity index (χ3n) is 2.93. The van der Waals surface area contributed by atoms with E-state index in [4.69, 9.17) is 10.5 Å². The molecule has 2 heterocycles. The molecule has 0 aliphatic heterocycles. The van der Waals surface area contributed by atoms with Gasteiger partial charge in [-0.2, -0.15) is 5.10 Å². The van der Waals surface area contributed by atoms with Gasteiger partial charge in [0.25, 0.3) is 0 Å². The zero-order chi connectivity index (χ0) is 13.7. The monoisotopic (exact) mass is 259 g/mol. The molecule has 0 radical (unpaired) electrons. The van der Waals surface area contributed by atoms with Crippen molar-refractivity contribution in [2.75, 3.05) is 19.9 Å². The number of aromatic nitrogens is 3. The van der Waals surface area contributed by atoms with E-state index in [-0.39, 0.29) is 6.04 Å². The number of nitrogen functional groups attached to an aromatic ring is 1. The van der Waals surface area contributed by atoms with Gasteiger partial charge in [-0.1, -0.05) is 6.07 Å². The number of pyridine rings is 1. The zero-order valence-corrected chi connectivity index (χ0v) is 11.0. The number of nitrogens with two attached hydrogens (primary N) is 1. The van der Waals surface area contributed by atoms with Crippen molar-refractivity contribution in [2.45, 2.75) is 12.5 Å². The van der Waals surface area contributed by atoms with Crippen molar-refractivity contribution >= 4 is 5.82 Å². The minimum atomic E-state index is 0.0323. The normalized spacial score (nSPS) is 12.1. The van der Waals surface area contributed by atoms with Gasteiger partial charge in [0.15, 0.2) is 0 Å². The van der Waals surface area contributed by atoms with E-state index < -0.39 is 0 Å². The molecule has 100 valence electrons. The molecule has 0 saturated carbocycles. The van der Waals surface area contributed by atoms with Crippen LogP contribution in [0.2, 0.25) is 0 Å². The van der Waals surface area contributed by atoms with E-state index in [9.17, 15) is 0 Å². The lowest BCUT2D eigenvalue weighted by atomic mass is 10.0. The number of anilines is 1. The topological polar surface area (TPSA) is 86.0 Å². The lowest BCUT2D eigenvalue weighted by Crippen LogP contribution is -2.21. The predicted molar refractivity (Wildman–Crippen MR) is 72.7 cm³/mol. The van der Waals surface area contributed by atoms with Gasteiger partial charge in [-0.3, -0.25) is 0 Å². The van der Waals surface area contributed by atoms with Crippen molar-refractivity contribution in [3.8, 4) is 5.88 Å². The quantitative estimate of drug-likeness (QED) is 0.832. The standard InChI is InChI=1S/C13H17N5O/c1-15-11(8-9-4-3-7-16-13(9)14)10-5-6-12(19-2)18-17-10/h3-7,11,15H,8H2,1-2H3,(H2,14,16). The van der Waals surface area contributed by atoms with Gasteiger partial charge < -0.3 is 15.8 Å². The summed E-state index contributed by atoms with van der Waals surface area (Å²) in [6.07, 6.45) is 2.39. The average molecular weight is 259 g/mol. The first-order valence-corrected chi connectivity index (χ1v) is 5.99. The summed E-state index contributed by atoms with van der Waals surface area (Å²) in [4.78, 5) is 4.08. The van der Waals surface area contributed by atoms with E-state index in [2.05, 4.69) is 20.5 Å². The number of nitrogens with one attached hydrogen (secondary N) is 1. The van der Waals surface area contributed by atoms with E-state index in [0.29, 0.717) is 18.1 Å². The third-order valence-corrected chi connectivity index (χ3v) is 2.93. The molecule has 0 aromatic carbocycles. The first kappa shape index (κ1) is 13.2. The Labute approximate surface area is 112 Å². The minimum Gasteiger partial charge on any atom is -0.480 e. The highest BCUT2D eigenvalue weighted by Crippen LogP contribution is 2.19. The fourth-order valence-electron chi connectivity index (χ4n) is 1.82. The molecule has 2 rings (SSSR count). The fourth-order valence-corrected chi connectivity index (χ4v) is 1.82. The minimum absolute atomic E-state index is 0.0323. The molecular weight excluding hydrogens is 242 g/mol. The van der Waals surface area contributed by atoms with Crippen LogP contribution in [0, 0.1) is 0 Å². The Balaban J connectivity index is 2.17. The Kier molecular flexibility index (Phi) is 4.25. The number of methoxy groups -OCH3 is 1. The van der Waals surface area contributed by atoms with E-state index in [1.807, 2.05) is 25.2 Å². The summed E-state index contributed by atoms with van der Waals surface area (Å²) in [5.74, 6) is 1.05. The van der Waals surface area contributed by atoms with Crippen molar-refractivity contribution in [2.24, 2.45) is 0 Å². The van der Waals surface area contributed by atoms with Crippen LogP contribution in [0.25, 0.3) is 0 Å². The summed E-state index contributed by atoms with van der Waals surface area (Å²) >= 11 is 0. The Morgan fingerprint density at radius 2 is 2.16 bits per heavy atom. The summed E-state index contributed by atoms with van der Waals surface area (Å²) < 4.78 is 5.00. The van der Waals surface area contributed by atoms with Gasteiger partial charge in [0, 0.05) is 12.3 Å². The Morgan fingerprint density at radius 1 is 1.32 bits per heavy atom. The van der Waals surface area contributed by atoms with E-state index in [1.54, 1.807) is 19.4 Å².